The zero-order valence-corrected chi connectivity index (χ0v) is 13.1. The molecule has 0 unspecified atom stereocenters. The summed E-state index contributed by atoms with van der Waals surface area (Å²) < 4.78 is 1.81. The quantitative estimate of drug-likeness (QED) is 0.844. The predicted octanol–water partition coefficient (Wildman–Crippen LogP) is 0.837. The van der Waals surface area contributed by atoms with Crippen molar-refractivity contribution < 1.29 is 4.79 Å². The zero-order valence-electron chi connectivity index (χ0n) is 13.1. The average molecular weight is 300 g/mol. The van der Waals surface area contributed by atoms with Crippen molar-refractivity contribution in [2.75, 3.05) is 11.4 Å². The van der Waals surface area contributed by atoms with Crippen LogP contribution >= 0.6 is 0 Å². The Kier molecular flexibility index (Phi) is 2.85. The van der Waals surface area contributed by atoms with Crippen LogP contribution in [0.3, 0.4) is 0 Å². The van der Waals surface area contributed by atoms with E-state index in [2.05, 4.69) is 20.3 Å². The fourth-order valence-electron chi connectivity index (χ4n) is 3.84. The minimum absolute atomic E-state index is 0.141. The van der Waals surface area contributed by atoms with Gasteiger partial charge in [0.1, 0.15) is 11.6 Å². The topological polar surface area (TPSA) is 75.9 Å². The van der Waals surface area contributed by atoms with E-state index in [1.54, 1.807) is 0 Å². The van der Waals surface area contributed by atoms with Crippen molar-refractivity contribution in [3.05, 3.63) is 11.5 Å². The summed E-state index contributed by atoms with van der Waals surface area (Å²) in [6.45, 7) is 4.60. The maximum absolute atomic E-state index is 11.9. The van der Waals surface area contributed by atoms with Crippen LogP contribution in [0.5, 0.6) is 0 Å². The van der Waals surface area contributed by atoms with Crippen molar-refractivity contribution in [2.45, 2.75) is 45.2 Å². The highest BCUT2D eigenvalue weighted by Gasteiger charge is 2.39. The Labute approximate surface area is 128 Å². The summed E-state index contributed by atoms with van der Waals surface area (Å²) >= 11 is 0. The summed E-state index contributed by atoms with van der Waals surface area (Å²) in [6.07, 6.45) is 2.68. The van der Waals surface area contributed by atoms with Gasteiger partial charge in [-0.15, -0.1) is 0 Å². The van der Waals surface area contributed by atoms with Crippen molar-refractivity contribution in [2.24, 2.45) is 7.05 Å². The first-order chi connectivity index (χ1) is 10.5. The fraction of sp³-hybridized carbons (Fsp3) is 0.600. The molecule has 1 N–H and O–H groups in total. The molecule has 4 rings (SSSR count). The summed E-state index contributed by atoms with van der Waals surface area (Å²) in [5, 5.41) is 8.53. The molecule has 116 valence electrons. The predicted molar refractivity (Wildman–Crippen MR) is 82.7 cm³/mol. The number of nitrogens with one attached hydrogen (secondary N) is 1. The van der Waals surface area contributed by atoms with Gasteiger partial charge in [-0.3, -0.25) is 9.48 Å². The fourth-order valence-corrected chi connectivity index (χ4v) is 3.84. The third-order valence-electron chi connectivity index (χ3n) is 4.77. The Bertz CT molecular complexity index is 767. The molecule has 2 fully saturated rings. The molecule has 4 heterocycles. The number of hydrogen-bond donors (Lipinski definition) is 1. The van der Waals surface area contributed by atoms with Gasteiger partial charge in [0.25, 0.3) is 0 Å². The number of amides is 1. The molecule has 0 saturated carbocycles. The molecule has 0 radical (unpaired) electrons. The van der Waals surface area contributed by atoms with Gasteiger partial charge in [0.15, 0.2) is 5.65 Å². The van der Waals surface area contributed by atoms with E-state index < -0.39 is 0 Å². The van der Waals surface area contributed by atoms with Gasteiger partial charge in [-0.05, 0) is 26.7 Å². The molecule has 2 aliphatic rings. The minimum atomic E-state index is 0.141. The molecule has 22 heavy (non-hydrogen) atoms. The molecule has 2 aliphatic heterocycles. The van der Waals surface area contributed by atoms with Crippen LogP contribution in [0.25, 0.3) is 11.0 Å². The molecule has 0 aromatic carbocycles. The molecule has 1 amide bonds. The molecular formula is C15H20N6O. The average Bonchev–Trinajstić information content (AvgIpc) is 2.91. The van der Waals surface area contributed by atoms with E-state index in [1.165, 1.54) is 0 Å². The van der Waals surface area contributed by atoms with Crippen molar-refractivity contribution in [3.63, 3.8) is 0 Å². The smallest absolute Gasteiger partial charge is 0.222 e. The van der Waals surface area contributed by atoms with Gasteiger partial charge in [-0.25, -0.2) is 9.97 Å². The normalized spacial score (nSPS) is 24.7. The van der Waals surface area contributed by atoms with Crippen molar-refractivity contribution in [3.8, 4) is 0 Å². The van der Waals surface area contributed by atoms with E-state index in [1.807, 2.05) is 25.6 Å². The molecule has 2 bridgehead atoms. The lowest BCUT2D eigenvalue weighted by atomic mass is 10.1. The zero-order chi connectivity index (χ0) is 15.4. The number of carbonyl (C=O) groups is 1. The number of carbonyl (C=O) groups excluding carboxylic acids is 1. The van der Waals surface area contributed by atoms with E-state index in [0.717, 1.165) is 41.2 Å². The Hall–Kier alpha value is -2.18. The molecular weight excluding hydrogens is 280 g/mol. The number of aromatic nitrogens is 4. The van der Waals surface area contributed by atoms with Crippen LogP contribution < -0.4 is 10.2 Å². The number of fused-ring (bicyclic) bond motifs is 3. The molecule has 0 aliphatic carbocycles. The van der Waals surface area contributed by atoms with Gasteiger partial charge >= 0.3 is 0 Å². The van der Waals surface area contributed by atoms with Gasteiger partial charge in [-0.2, -0.15) is 5.10 Å². The summed E-state index contributed by atoms with van der Waals surface area (Å²) in [6, 6.07) is 0.540. The first-order valence-corrected chi connectivity index (χ1v) is 7.77. The summed E-state index contributed by atoms with van der Waals surface area (Å²) in [5.74, 6) is 1.83. The second kappa shape index (κ2) is 4.66. The molecule has 2 atom stereocenters. The number of aryl methyl sites for hydroxylation is 3. The highest BCUT2D eigenvalue weighted by Crippen LogP contribution is 2.36. The molecule has 7 nitrogen and oxygen atoms in total. The highest BCUT2D eigenvalue weighted by atomic mass is 16.1. The number of hydrogen-bond acceptors (Lipinski definition) is 5. The second-order valence-electron chi connectivity index (χ2n) is 6.30. The molecule has 2 aromatic rings. The Morgan fingerprint density at radius 1 is 1.18 bits per heavy atom. The Morgan fingerprint density at radius 3 is 2.77 bits per heavy atom. The van der Waals surface area contributed by atoms with Gasteiger partial charge in [0.2, 0.25) is 5.91 Å². The molecule has 0 spiro atoms. The maximum atomic E-state index is 11.9. The summed E-state index contributed by atoms with van der Waals surface area (Å²) in [4.78, 5) is 23.5. The van der Waals surface area contributed by atoms with E-state index in [0.29, 0.717) is 19.0 Å². The van der Waals surface area contributed by atoms with Crippen LogP contribution in [-0.2, 0) is 11.8 Å². The van der Waals surface area contributed by atoms with Crippen molar-refractivity contribution in [1.29, 1.82) is 0 Å². The molecule has 2 saturated heterocycles. The summed E-state index contributed by atoms with van der Waals surface area (Å²) in [7, 11) is 1.91. The van der Waals surface area contributed by atoms with Crippen LogP contribution in [0, 0.1) is 13.8 Å². The first kappa shape index (κ1) is 13.5. The second-order valence-corrected chi connectivity index (χ2v) is 6.30. The third-order valence-corrected chi connectivity index (χ3v) is 4.77. The van der Waals surface area contributed by atoms with E-state index in [4.69, 9.17) is 4.98 Å². The van der Waals surface area contributed by atoms with Crippen LogP contribution in [-0.4, -0.2) is 44.3 Å². The van der Waals surface area contributed by atoms with Crippen LogP contribution in [0.4, 0.5) is 5.82 Å². The number of anilines is 1. The van der Waals surface area contributed by atoms with Crippen molar-refractivity contribution >= 4 is 22.8 Å². The van der Waals surface area contributed by atoms with Gasteiger partial charge in [0.05, 0.1) is 11.1 Å². The summed E-state index contributed by atoms with van der Waals surface area (Å²) in [5.41, 5.74) is 1.80. The van der Waals surface area contributed by atoms with Gasteiger partial charge in [0, 0.05) is 32.1 Å². The Balaban J connectivity index is 1.92. The van der Waals surface area contributed by atoms with E-state index in [-0.39, 0.29) is 11.9 Å². The van der Waals surface area contributed by atoms with Gasteiger partial charge in [-0.1, -0.05) is 0 Å². The van der Waals surface area contributed by atoms with Crippen LogP contribution in [0.1, 0.15) is 30.8 Å². The minimum Gasteiger partial charge on any atom is -0.354 e. The highest BCUT2D eigenvalue weighted by molar-refractivity contribution is 5.91. The van der Waals surface area contributed by atoms with E-state index in [9.17, 15) is 4.79 Å². The Morgan fingerprint density at radius 2 is 1.95 bits per heavy atom. The first-order valence-electron chi connectivity index (χ1n) is 7.77. The third kappa shape index (κ3) is 1.88. The van der Waals surface area contributed by atoms with E-state index >= 15 is 0 Å². The largest absolute Gasteiger partial charge is 0.354 e. The van der Waals surface area contributed by atoms with Gasteiger partial charge < -0.3 is 10.2 Å². The van der Waals surface area contributed by atoms with Crippen LogP contribution in [0.15, 0.2) is 0 Å². The monoisotopic (exact) mass is 300 g/mol. The van der Waals surface area contributed by atoms with Crippen molar-refractivity contribution in [1.82, 2.24) is 25.1 Å². The molecule has 7 heteroatoms. The van der Waals surface area contributed by atoms with Crippen LogP contribution in [0.2, 0.25) is 0 Å². The lowest BCUT2D eigenvalue weighted by Gasteiger charge is -2.29. The molecule has 2 aromatic heterocycles. The standard InChI is InChI=1S/C15H20N6O/c1-8-13-14(20(3)19-8)17-9(2)18-15(13)21-10-4-5-11(21)7-16-12(22)6-10/h10-11H,4-7H2,1-3H3,(H,16,22)/t10-,11+/m0/s1. The number of rotatable bonds is 1. The lowest BCUT2D eigenvalue weighted by Crippen LogP contribution is -2.39. The SMILES string of the molecule is Cc1nc(N2[C@@H]3CC[C@H]2CC(=O)NC3)c2c(C)nn(C)c2n1. The number of nitrogens with zero attached hydrogens (tertiary/aromatic N) is 5. The lowest BCUT2D eigenvalue weighted by molar-refractivity contribution is -0.121. The maximum Gasteiger partial charge on any atom is 0.222 e.